The minimum absolute atomic E-state index is 0.669. The van der Waals surface area contributed by atoms with Crippen LogP contribution in [0.15, 0.2) is 73.1 Å². The molecule has 3 aromatic rings. The van der Waals surface area contributed by atoms with Crippen molar-refractivity contribution in [1.82, 2.24) is 9.88 Å². The number of aromatic nitrogens is 1. The van der Waals surface area contributed by atoms with E-state index in [4.69, 9.17) is 11.6 Å². The van der Waals surface area contributed by atoms with E-state index in [1.807, 2.05) is 42.5 Å². The average molecular weight is 394 g/mol. The van der Waals surface area contributed by atoms with Crippen molar-refractivity contribution in [2.75, 3.05) is 31.1 Å². The summed E-state index contributed by atoms with van der Waals surface area (Å²) in [4.78, 5) is 8.97. The highest BCUT2D eigenvalue weighted by molar-refractivity contribution is 6.30. The fourth-order valence-electron chi connectivity index (χ4n) is 3.72. The highest BCUT2D eigenvalue weighted by Gasteiger charge is 2.22. The lowest BCUT2D eigenvalue weighted by Crippen LogP contribution is -2.46. The number of para-hydroxylation sites is 1. The SMILES string of the molecule is OC(c1cccnc1)c1ccccc1N1CCN(Cc2ccc(Cl)cc2)CC1. The Hall–Kier alpha value is -2.40. The maximum Gasteiger partial charge on any atom is 0.108 e. The van der Waals surface area contributed by atoms with Crippen LogP contribution in [0.4, 0.5) is 5.69 Å². The van der Waals surface area contributed by atoms with E-state index in [0.717, 1.165) is 54.6 Å². The summed E-state index contributed by atoms with van der Waals surface area (Å²) in [6.45, 7) is 4.78. The van der Waals surface area contributed by atoms with Gasteiger partial charge in [-0.25, -0.2) is 0 Å². The normalized spacial score (nSPS) is 16.1. The highest BCUT2D eigenvalue weighted by atomic mass is 35.5. The fourth-order valence-corrected chi connectivity index (χ4v) is 3.84. The number of halogens is 1. The van der Waals surface area contributed by atoms with Crippen molar-refractivity contribution in [1.29, 1.82) is 0 Å². The Morgan fingerprint density at radius 3 is 2.39 bits per heavy atom. The van der Waals surface area contributed by atoms with Crippen LogP contribution in [0.3, 0.4) is 0 Å². The van der Waals surface area contributed by atoms with Gasteiger partial charge in [-0.3, -0.25) is 9.88 Å². The van der Waals surface area contributed by atoms with E-state index in [1.54, 1.807) is 12.4 Å². The molecule has 0 spiro atoms. The monoisotopic (exact) mass is 393 g/mol. The Kier molecular flexibility index (Phi) is 5.91. The van der Waals surface area contributed by atoms with Gasteiger partial charge in [0.2, 0.25) is 0 Å². The number of aliphatic hydroxyl groups is 1. The predicted octanol–water partition coefficient (Wildman–Crippen LogP) is 4.14. The van der Waals surface area contributed by atoms with Crippen molar-refractivity contribution in [2.45, 2.75) is 12.6 Å². The number of anilines is 1. The van der Waals surface area contributed by atoms with Crippen molar-refractivity contribution in [3.8, 4) is 0 Å². The average Bonchev–Trinajstić information content (AvgIpc) is 2.76. The molecule has 4 rings (SSSR count). The van der Waals surface area contributed by atoms with Gasteiger partial charge in [0.15, 0.2) is 0 Å². The molecule has 28 heavy (non-hydrogen) atoms. The number of hydrogen-bond donors (Lipinski definition) is 1. The maximum absolute atomic E-state index is 10.9. The zero-order chi connectivity index (χ0) is 19.3. The van der Waals surface area contributed by atoms with Gasteiger partial charge in [0.25, 0.3) is 0 Å². The van der Waals surface area contributed by atoms with Crippen LogP contribution in [0.2, 0.25) is 5.02 Å². The van der Waals surface area contributed by atoms with Gasteiger partial charge in [-0.1, -0.05) is 48.0 Å². The van der Waals surface area contributed by atoms with Crippen molar-refractivity contribution < 1.29 is 5.11 Å². The molecule has 1 aliphatic heterocycles. The van der Waals surface area contributed by atoms with E-state index < -0.39 is 6.10 Å². The summed E-state index contributed by atoms with van der Waals surface area (Å²) in [5.41, 5.74) is 4.13. The second kappa shape index (κ2) is 8.74. The quantitative estimate of drug-likeness (QED) is 0.707. The first-order chi connectivity index (χ1) is 13.7. The fraction of sp³-hybridized carbons (Fsp3) is 0.261. The third kappa shape index (κ3) is 4.36. The number of nitrogens with zero attached hydrogens (tertiary/aromatic N) is 3. The zero-order valence-corrected chi connectivity index (χ0v) is 16.5. The molecule has 4 nitrogen and oxygen atoms in total. The Morgan fingerprint density at radius 1 is 0.929 bits per heavy atom. The van der Waals surface area contributed by atoms with E-state index in [9.17, 15) is 5.11 Å². The molecule has 1 aliphatic rings. The summed E-state index contributed by atoms with van der Waals surface area (Å²) in [7, 11) is 0. The third-order valence-corrected chi connectivity index (χ3v) is 5.52. The number of hydrogen-bond acceptors (Lipinski definition) is 4. The Morgan fingerprint density at radius 2 is 1.68 bits per heavy atom. The van der Waals surface area contributed by atoms with Crippen molar-refractivity contribution >= 4 is 17.3 Å². The number of piperazine rings is 1. The largest absolute Gasteiger partial charge is 0.384 e. The first-order valence-corrected chi connectivity index (χ1v) is 9.97. The van der Waals surface area contributed by atoms with Crippen LogP contribution < -0.4 is 4.90 Å². The molecule has 1 fully saturated rings. The lowest BCUT2D eigenvalue weighted by atomic mass is 10.00. The van der Waals surface area contributed by atoms with E-state index in [1.165, 1.54) is 5.56 Å². The van der Waals surface area contributed by atoms with Crippen LogP contribution in [0.25, 0.3) is 0 Å². The molecule has 0 radical (unpaired) electrons. The topological polar surface area (TPSA) is 39.6 Å². The maximum atomic E-state index is 10.9. The van der Waals surface area contributed by atoms with Crippen molar-refractivity contribution in [3.05, 3.63) is 94.8 Å². The van der Waals surface area contributed by atoms with Crippen LogP contribution in [0.5, 0.6) is 0 Å². The Balaban J connectivity index is 1.44. The van der Waals surface area contributed by atoms with Gasteiger partial charge in [0, 0.05) is 67.0 Å². The first-order valence-electron chi connectivity index (χ1n) is 9.59. The molecule has 1 saturated heterocycles. The summed E-state index contributed by atoms with van der Waals surface area (Å²) in [5.74, 6) is 0. The molecule has 1 N–H and O–H groups in total. The Labute approximate surface area is 171 Å². The van der Waals surface area contributed by atoms with E-state index in [0.29, 0.717) is 0 Å². The van der Waals surface area contributed by atoms with Crippen molar-refractivity contribution in [3.63, 3.8) is 0 Å². The highest BCUT2D eigenvalue weighted by Crippen LogP contribution is 2.31. The summed E-state index contributed by atoms with van der Waals surface area (Å²) >= 11 is 5.98. The molecule has 144 valence electrons. The minimum atomic E-state index is -0.669. The molecular weight excluding hydrogens is 370 g/mol. The van der Waals surface area contributed by atoms with Gasteiger partial charge in [0.05, 0.1) is 0 Å². The lowest BCUT2D eigenvalue weighted by molar-refractivity contribution is 0.218. The van der Waals surface area contributed by atoms with Crippen LogP contribution in [-0.2, 0) is 6.54 Å². The van der Waals surface area contributed by atoms with Gasteiger partial charge in [-0.2, -0.15) is 0 Å². The zero-order valence-electron chi connectivity index (χ0n) is 15.7. The van der Waals surface area contributed by atoms with Gasteiger partial charge in [-0.15, -0.1) is 0 Å². The minimum Gasteiger partial charge on any atom is -0.384 e. The molecule has 0 aliphatic carbocycles. The molecule has 0 bridgehead atoms. The van der Waals surface area contributed by atoms with Crippen LogP contribution in [0, 0.1) is 0 Å². The molecule has 1 atom stereocenters. The number of benzene rings is 2. The molecule has 1 unspecified atom stereocenters. The molecule has 0 saturated carbocycles. The molecule has 0 amide bonds. The second-order valence-corrected chi connectivity index (χ2v) is 7.57. The lowest BCUT2D eigenvalue weighted by Gasteiger charge is -2.37. The first kappa shape index (κ1) is 18.9. The van der Waals surface area contributed by atoms with Crippen LogP contribution >= 0.6 is 11.6 Å². The van der Waals surface area contributed by atoms with Gasteiger partial charge in [0.1, 0.15) is 6.10 Å². The standard InChI is InChI=1S/C23H24ClN3O/c24-20-9-7-18(8-10-20)17-26-12-14-27(15-13-26)22-6-2-1-5-21(22)23(28)19-4-3-11-25-16-19/h1-11,16,23,28H,12-15,17H2. The van der Waals surface area contributed by atoms with Gasteiger partial charge >= 0.3 is 0 Å². The van der Waals surface area contributed by atoms with Gasteiger partial charge < -0.3 is 10.0 Å². The van der Waals surface area contributed by atoms with Gasteiger partial charge in [-0.05, 0) is 29.8 Å². The molecule has 5 heteroatoms. The third-order valence-electron chi connectivity index (χ3n) is 5.26. The number of aliphatic hydroxyl groups excluding tert-OH is 1. The summed E-state index contributed by atoms with van der Waals surface area (Å²) in [6.07, 6.45) is 2.78. The molecule has 2 heterocycles. The molecule has 1 aromatic heterocycles. The molecular formula is C23H24ClN3O. The van der Waals surface area contributed by atoms with Crippen LogP contribution in [0.1, 0.15) is 22.8 Å². The van der Waals surface area contributed by atoms with E-state index in [2.05, 4.69) is 33.0 Å². The van der Waals surface area contributed by atoms with E-state index >= 15 is 0 Å². The molecule has 2 aromatic carbocycles. The smallest absolute Gasteiger partial charge is 0.108 e. The summed E-state index contributed by atoms with van der Waals surface area (Å²) in [5, 5.41) is 11.7. The second-order valence-electron chi connectivity index (χ2n) is 7.14. The summed E-state index contributed by atoms with van der Waals surface area (Å²) in [6, 6.07) is 20.0. The number of pyridine rings is 1. The Bertz CT molecular complexity index is 893. The summed E-state index contributed by atoms with van der Waals surface area (Å²) < 4.78 is 0. The van der Waals surface area contributed by atoms with E-state index in [-0.39, 0.29) is 0 Å². The number of rotatable bonds is 5. The predicted molar refractivity (Wildman–Crippen MR) is 114 cm³/mol. The van der Waals surface area contributed by atoms with Crippen molar-refractivity contribution in [2.24, 2.45) is 0 Å². The van der Waals surface area contributed by atoms with Crippen LogP contribution in [-0.4, -0.2) is 41.2 Å².